The van der Waals surface area contributed by atoms with E-state index in [4.69, 9.17) is 0 Å². The van der Waals surface area contributed by atoms with E-state index in [1.54, 1.807) is 0 Å². The van der Waals surface area contributed by atoms with Gasteiger partial charge in [-0.3, -0.25) is 0 Å². The molecular formula is C12H25NS. The molecule has 1 N–H and O–H groups in total. The van der Waals surface area contributed by atoms with E-state index < -0.39 is 0 Å². The van der Waals surface area contributed by atoms with Crippen molar-refractivity contribution < 1.29 is 0 Å². The minimum absolute atomic E-state index is 0.779. The SMILES string of the molecule is CCCNC(CSC(C)C)C1CCC1. The van der Waals surface area contributed by atoms with E-state index in [1.165, 1.54) is 38.0 Å². The molecule has 1 rings (SSSR count). The Kier molecular flexibility index (Phi) is 5.95. The van der Waals surface area contributed by atoms with Crippen LogP contribution in [-0.4, -0.2) is 23.6 Å². The lowest BCUT2D eigenvalue weighted by atomic mass is 9.80. The Morgan fingerprint density at radius 3 is 2.50 bits per heavy atom. The summed E-state index contributed by atoms with van der Waals surface area (Å²) in [4.78, 5) is 0. The first-order valence-corrected chi connectivity index (χ1v) is 7.14. The van der Waals surface area contributed by atoms with E-state index in [0.29, 0.717) is 0 Å². The highest BCUT2D eigenvalue weighted by Gasteiger charge is 2.26. The first kappa shape index (κ1) is 12.4. The monoisotopic (exact) mass is 215 g/mol. The summed E-state index contributed by atoms with van der Waals surface area (Å²) >= 11 is 2.10. The van der Waals surface area contributed by atoms with Gasteiger partial charge < -0.3 is 5.32 Å². The van der Waals surface area contributed by atoms with Crippen LogP contribution < -0.4 is 5.32 Å². The summed E-state index contributed by atoms with van der Waals surface area (Å²) in [5.74, 6) is 2.29. The molecule has 1 fully saturated rings. The molecule has 0 aliphatic heterocycles. The van der Waals surface area contributed by atoms with E-state index in [9.17, 15) is 0 Å². The predicted octanol–water partition coefficient (Wildman–Crippen LogP) is 3.30. The van der Waals surface area contributed by atoms with Gasteiger partial charge in [-0.25, -0.2) is 0 Å². The van der Waals surface area contributed by atoms with Crippen molar-refractivity contribution in [1.29, 1.82) is 0 Å². The summed E-state index contributed by atoms with van der Waals surface area (Å²) in [6.07, 6.45) is 5.64. The number of nitrogens with one attached hydrogen (secondary N) is 1. The fourth-order valence-electron chi connectivity index (χ4n) is 1.83. The van der Waals surface area contributed by atoms with Crippen molar-refractivity contribution in [3.63, 3.8) is 0 Å². The molecule has 1 unspecified atom stereocenters. The largest absolute Gasteiger partial charge is 0.313 e. The van der Waals surface area contributed by atoms with Gasteiger partial charge in [0.25, 0.3) is 0 Å². The van der Waals surface area contributed by atoms with Crippen LogP contribution in [0.3, 0.4) is 0 Å². The fourth-order valence-corrected chi connectivity index (χ4v) is 2.81. The molecule has 1 aliphatic rings. The number of thioether (sulfide) groups is 1. The van der Waals surface area contributed by atoms with E-state index in [-0.39, 0.29) is 0 Å². The van der Waals surface area contributed by atoms with Gasteiger partial charge in [0.1, 0.15) is 0 Å². The van der Waals surface area contributed by atoms with E-state index in [0.717, 1.165) is 17.2 Å². The molecule has 14 heavy (non-hydrogen) atoms. The third kappa shape index (κ3) is 4.22. The van der Waals surface area contributed by atoms with Crippen LogP contribution in [0.1, 0.15) is 46.5 Å². The molecule has 1 atom stereocenters. The third-order valence-electron chi connectivity index (χ3n) is 2.98. The lowest BCUT2D eigenvalue weighted by Gasteiger charge is -2.34. The van der Waals surface area contributed by atoms with E-state index in [1.807, 2.05) is 0 Å². The topological polar surface area (TPSA) is 12.0 Å². The molecule has 1 saturated carbocycles. The molecule has 0 bridgehead atoms. The molecule has 0 radical (unpaired) electrons. The Hall–Kier alpha value is 0.310. The maximum atomic E-state index is 3.71. The molecule has 1 nitrogen and oxygen atoms in total. The van der Waals surface area contributed by atoms with Gasteiger partial charge in [-0.15, -0.1) is 0 Å². The quantitative estimate of drug-likeness (QED) is 0.699. The molecule has 0 saturated heterocycles. The minimum Gasteiger partial charge on any atom is -0.313 e. The second-order valence-corrected chi connectivity index (χ2v) is 6.24. The molecule has 0 spiro atoms. The van der Waals surface area contributed by atoms with Crippen LogP contribution in [0.5, 0.6) is 0 Å². The van der Waals surface area contributed by atoms with Gasteiger partial charge in [0.2, 0.25) is 0 Å². The van der Waals surface area contributed by atoms with Crippen LogP contribution in [-0.2, 0) is 0 Å². The average molecular weight is 215 g/mol. The van der Waals surface area contributed by atoms with Crippen molar-refractivity contribution >= 4 is 11.8 Å². The summed E-state index contributed by atoms with van der Waals surface area (Å²) in [5, 5.41) is 4.48. The Bertz CT molecular complexity index is 143. The summed E-state index contributed by atoms with van der Waals surface area (Å²) < 4.78 is 0. The Labute approximate surface area is 93.4 Å². The molecule has 0 heterocycles. The second kappa shape index (κ2) is 6.73. The van der Waals surface area contributed by atoms with Gasteiger partial charge in [-0.05, 0) is 37.0 Å². The van der Waals surface area contributed by atoms with Crippen molar-refractivity contribution in [3.8, 4) is 0 Å². The Morgan fingerprint density at radius 1 is 1.36 bits per heavy atom. The lowest BCUT2D eigenvalue weighted by molar-refractivity contribution is 0.244. The highest BCUT2D eigenvalue weighted by Crippen LogP contribution is 2.31. The second-order valence-electron chi connectivity index (χ2n) is 4.63. The van der Waals surface area contributed by atoms with Crippen molar-refractivity contribution in [2.24, 2.45) is 5.92 Å². The molecule has 2 heteroatoms. The zero-order valence-electron chi connectivity index (χ0n) is 9.88. The molecule has 0 aromatic carbocycles. The number of rotatable bonds is 7. The summed E-state index contributed by atoms with van der Waals surface area (Å²) in [7, 11) is 0. The summed E-state index contributed by atoms with van der Waals surface area (Å²) in [6.45, 7) is 8.03. The first-order valence-electron chi connectivity index (χ1n) is 6.09. The van der Waals surface area contributed by atoms with Gasteiger partial charge in [-0.1, -0.05) is 27.2 Å². The molecule has 0 aromatic heterocycles. The summed E-state index contributed by atoms with van der Waals surface area (Å²) in [6, 6.07) is 0.788. The molecule has 84 valence electrons. The highest BCUT2D eigenvalue weighted by molar-refractivity contribution is 7.99. The number of hydrogen-bond donors (Lipinski definition) is 1. The van der Waals surface area contributed by atoms with E-state index in [2.05, 4.69) is 37.8 Å². The smallest absolute Gasteiger partial charge is 0.0186 e. The van der Waals surface area contributed by atoms with Crippen LogP contribution in [0.15, 0.2) is 0 Å². The Morgan fingerprint density at radius 2 is 2.07 bits per heavy atom. The minimum atomic E-state index is 0.779. The van der Waals surface area contributed by atoms with Crippen molar-refractivity contribution in [1.82, 2.24) is 5.32 Å². The fraction of sp³-hybridized carbons (Fsp3) is 1.00. The van der Waals surface area contributed by atoms with Gasteiger partial charge in [0.05, 0.1) is 0 Å². The van der Waals surface area contributed by atoms with Crippen molar-refractivity contribution in [2.75, 3.05) is 12.3 Å². The summed E-state index contributed by atoms with van der Waals surface area (Å²) in [5.41, 5.74) is 0. The van der Waals surface area contributed by atoms with Gasteiger partial charge in [-0.2, -0.15) is 11.8 Å². The van der Waals surface area contributed by atoms with Crippen LogP contribution >= 0.6 is 11.8 Å². The first-order chi connectivity index (χ1) is 6.74. The molecule has 0 amide bonds. The normalized spacial score (nSPS) is 19.7. The van der Waals surface area contributed by atoms with Crippen LogP contribution in [0.2, 0.25) is 0 Å². The van der Waals surface area contributed by atoms with Crippen LogP contribution in [0, 0.1) is 5.92 Å². The highest BCUT2D eigenvalue weighted by atomic mass is 32.2. The van der Waals surface area contributed by atoms with Crippen molar-refractivity contribution in [2.45, 2.75) is 57.7 Å². The van der Waals surface area contributed by atoms with Gasteiger partial charge in [0.15, 0.2) is 0 Å². The third-order valence-corrected chi connectivity index (χ3v) is 4.20. The molecule has 0 aromatic rings. The zero-order valence-corrected chi connectivity index (χ0v) is 10.7. The molecule has 1 aliphatic carbocycles. The number of hydrogen-bond acceptors (Lipinski definition) is 2. The maximum Gasteiger partial charge on any atom is 0.0186 e. The van der Waals surface area contributed by atoms with Crippen molar-refractivity contribution in [3.05, 3.63) is 0 Å². The Balaban J connectivity index is 2.20. The predicted molar refractivity (Wildman–Crippen MR) is 67.0 cm³/mol. The lowest BCUT2D eigenvalue weighted by Crippen LogP contribution is -2.42. The average Bonchev–Trinajstić information content (AvgIpc) is 2.06. The van der Waals surface area contributed by atoms with Gasteiger partial charge in [0, 0.05) is 11.8 Å². The zero-order chi connectivity index (χ0) is 10.4. The maximum absolute atomic E-state index is 3.71. The van der Waals surface area contributed by atoms with E-state index >= 15 is 0 Å². The molecular weight excluding hydrogens is 190 g/mol. The van der Waals surface area contributed by atoms with Crippen LogP contribution in [0.4, 0.5) is 0 Å². The van der Waals surface area contributed by atoms with Gasteiger partial charge >= 0.3 is 0 Å². The standard InChI is InChI=1S/C12H25NS/c1-4-8-13-12(9-14-10(2)3)11-6-5-7-11/h10-13H,4-9H2,1-3H3. The van der Waals surface area contributed by atoms with Crippen LogP contribution in [0.25, 0.3) is 0 Å².